The van der Waals surface area contributed by atoms with Crippen molar-refractivity contribution in [3.8, 4) is 12.1 Å². The van der Waals surface area contributed by atoms with Gasteiger partial charge in [0.1, 0.15) is 23.7 Å². The van der Waals surface area contributed by atoms with Gasteiger partial charge in [0.25, 0.3) is 5.91 Å². The molecule has 7 nitrogen and oxygen atoms in total. The second kappa shape index (κ2) is 8.60. The van der Waals surface area contributed by atoms with E-state index >= 15 is 0 Å². The van der Waals surface area contributed by atoms with Crippen LogP contribution >= 0.6 is 0 Å². The average Bonchev–Trinajstić information content (AvgIpc) is 3.05. The zero-order valence-corrected chi connectivity index (χ0v) is 17.3. The molecule has 2 aromatic carbocycles. The summed E-state index contributed by atoms with van der Waals surface area (Å²) in [7, 11) is 0. The minimum Gasteiger partial charge on any atom is -0.324 e. The van der Waals surface area contributed by atoms with Crippen LogP contribution in [0.3, 0.4) is 0 Å². The summed E-state index contributed by atoms with van der Waals surface area (Å²) < 4.78 is 13.7. The Morgan fingerprint density at radius 3 is 2.41 bits per heavy atom. The van der Waals surface area contributed by atoms with Gasteiger partial charge in [0.15, 0.2) is 0 Å². The number of aliphatic imine (C=N–C) groups is 1. The molecular weight excluding hydrogens is 409 g/mol. The summed E-state index contributed by atoms with van der Waals surface area (Å²) in [6.45, 7) is -0.236. The van der Waals surface area contributed by atoms with Crippen molar-refractivity contribution in [1.82, 2.24) is 4.90 Å². The van der Waals surface area contributed by atoms with Crippen LogP contribution in [-0.2, 0) is 9.59 Å². The van der Waals surface area contributed by atoms with E-state index in [-0.39, 0.29) is 29.4 Å². The summed E-state index contributed by atoms with van der Waals surface area (Å²) in [6.07, 6.45) is 4.14. The molecule has 1 aliphatic carbocycles. The van der Waals surface area contributed by atoms with Gasteiger partial charge < -0.3 is 10.2 Å². The van der Waals surface area contributed by atoms with Crippen LogP contribution in [-0.4, -0.2) is 34.6 Å². The van der Waals surface area contributed by atoms with Crippen LogP contribution in [0.5, 0.6) is 0 Å². The number of benzene rings is 2. The molecule has 0 atom stereocenters. The number of carbonyl (C=O) groups excluding carboxylic acids is 2. The maximum atomic E-state index is 13.7. The quantitative estimate of drug-likeness (QED) is 0.802. The number of carbonyl (C=O) groups is 2. The smallest absolute Gasteiger partial charge is 0.275 e. The lowest BCUT2D eigenvalue weighted by Gasteiger charge is -2.38. The fourth-order valence-corrected chi connectivity index (χ4v) is 4.31. The first-order valence-corrected chi connectivity index (χ1v) is 10.4. The molecule has 160 valence electrons. The van der Waals surface area contributed by atoms with Crippen LogP contribution in [0.15, 0.2) is 47.5 Å². The lowest BCUT2D eigenvalue weighted by atomic mass is 9.88. The number of halogens is 1. The fourth-order valence-electron chi connectivity index (χ4n) is 4.31. The average molecular weight is 429 g/mol. The van der Waals surface area contributed by atoms with Crippen LogP contribution in [0.2, 0.25) is 0 Å². The third-order valence-electron chi connectivity index (χ3n) is 5.82. The number of rotatable bonds is 4. The molecule has 0 aromatic heterocycles. The lowest BCUT2D eigenvalue weighted by molar-refractivity contribution is -0.134. The molecule has 1 N–H and O–H groups in total. The van der Waals surface area contributed by atoms with Gasteiger partial charge in [0.2, 0.25) is 5.91 Å². The lowest BCUT2D eigenvalue weighted by Crippen LogP contribution is -2.51. The standard InChI is InChI=1S/C24H20FN5O2/c25-19-10-17(14-27)11-20(12-19)28-21(31)15-30-23(32)22(18-6-4-16(13-26)5-7-18)29-24(30)8-2-1-3-9-24/h4-7,10-12H,1-3,8-9,15H2,(H,28,31). The van der Waals surface area contributed by atoms with E-state index < -0.39 is 17.4 Å². The molecule has 1 spiro atoms. The Bertz CT molecular complexity index is 1180. The highest BCUT2D eigenvalue weighted by Gasteiger charge is 2.48. The first-order valence-electron chi connectivity index (χ1n) is 10.4. The van der Waals surface area contributed by atoms with Crippen LogP contribution < -0.4 is 5.32 Å². The summed E-state index contributed by atoms with van der Waals surface area (Å²) in [5.74, 6) is -1.47. The first-order chi connectivity index (χ1) is 15.4. The van der Waals surface area contributed by atoms with Gasteiger partial charge in [-0.1, -0.05) is 18.6 Å². The van der Waals surface area contributed by atoms with Gasteiger partial charge in [-0.15, -0.1) is 0 Å². The maximum absolute atomic E-state index is 13.7. The second-order valence-corrected chi connectivity index (χ2v) is 7.97. The number of nitrogens with zero attached hydrogens (tertiary/aromatic N) is 4. The molecule has 1 heterocycles. The van der Waals surface area contributed by atoms with Crippen molar-refractivity contribution < 1.29 is 14.0 Å². The highest BCUT2D eigenvalue weighted by Crippen LogP contribution is 2.39. The second-order valence-electron chi connectivity index (χ2n) is 7.97. The Morgan fingerprint density at radius 1 is 1.06 bits per heavy atom. The minimum atomic E-state index is -0.782. The molecule has 4 rings (SSSR count). The summed E-state index contributed by atoms with van der Waals surface area (Å²) in [5.41, 5.74) is 0.829. The van der Waals surface area contributed by atoms with Gasteiger partial charge in [0.05, 0.1) is 23.3 Å². The third-order valence-corrected chi connectivity index (χ3v) is 5.82. The molecule has 0 radical (unpaired) electrons. The number of anilines is 1. The van der Waals surface area contributed by atoms with Crippen molar-refractivity contribution in [1.29, 1.82) is 10.5 Å². The van der Waals surface area contributed by atoms with Gasteiger partial charge in [-0.3, -0.25) is 14.6 Å². The van der Waals surface area contributed by atoms with Crippen LogP contribution in [0.1, 0.15) is 48.8 Å². The van der Waals surface area contributed by atoms with E-state index in [9.17, 15) is 14.0 Å². The number of nitrogens with one attached hydrogen (secondary N) is 1. The van der Waals surface area contributed by atoms with Gasteiger partial charge in [-0.25, -0.2) is 4.39 Å². The summed E-state index contributed by atoms with van der Waals surface area (Å²) in [5, 5.41) is 20.6. The molecule has 2 aromatic rings. The maximum Gasteiger partial charge on any atom is 0.275 e. The molecule has 32 heavy (non-hydrogen) atoms. The molecule has 2 amide bonds. The molecular formula is C24H20FN5O2. The van der Waals surface area contributed by atoms with Crippen molar-refractivity contribution in [3.63, 3.8) is 0 Å². The van der Waals surface area contributed by atoms with Crippen molar-refractivity contribution in [3.05, 3.63) is 65.0 Å². The third kappa shape index (κ3) is 4.08. The van der Waals surface area contributed by atoms with Crippen molar-refractivity contribution in [2.75, 3.05) is 11.9 Å². The highest BCUT2D eigenvalue weighted by atomic mass is 19.1. The van der Waals surface area contributed by atoms with E-state index in [1.807, 2.05) is 12.1 Å². The van der Waals surface area contributed by atoms with Crippen molar-refractivity contribution >= 4 is 23.2 Å². The van der Waals surface area contributed by atoms with Crippen LogP contribution in [0.4, 0.5) is 10.1 Å². The van der Waals surface area contributed by atoms with Gasteiger partial charge in [-0.05, 0) is 56.0 Å². The number of nitriles is 2. The predicted octanol–water partition coefficient (Wildman–Crippen LogP) is 3.50. The Balaban J connectivity index is 1.59. The summed E-state index contributed by atoms with van der Waals surface area (Å²) in [4.78, 5) is 32.4. The van der Waals surface area contributed by atoms with Gasteiger partial charge in [-0.2, -0.15) is 10.5 Å². The number of hydrogen-bond donors (Lipinski definition) is 1. The van der Waals surface area contributed by atoms with E-state index in [0.717, 1.165) is 31.4 Å². The fraction of sp³-hybridized carbons (Fsp3) is 0.292. The van der Waals surface area contributed by atoms with E-state index in [4.69, 9.17) is 15.5 Å². The van der Waals surface area contributed by atoms with E-state index in [1.165, 1.54) is 11.0 Å². The normalized spacial score (nSPS) is 16.9. The summed E-state index contributed by atoms with van der Waals surface area (Å²) >= 11 is 0. The van der Waals surface area contributed by atoms with E-state index in [1.54, 1.807) is 24.3 Å². The molecule has 8 heteroatoms. The van der Waals surface area contributed by atoms with E-state index in [0.29, 0.717) is 24.0 Å². The predicted molar refractivity (Wildman–Crippen MR) is 115 cm³/mol. The number of amides is 2. The van der Waals surface area contributed by atoms with Gasteiger partial charge >= 0.3 is 0 Å². The Hall–Kier alpha value is -4.04. The SMILES string of the molecule is N#Cc1ccc(C2=NC3(CCCCC3)N(CC(=O)Nc3cc(F)cc(C#N)c3)C2=O)cc1. The molecule has 0 unspecified atom stereocenters. The van der Waals surface area contributed by atoms with Crippen LogP contribution in [0.25, 0.3) is 0 Å². The Kier molecular flexibility index (Phi) is 5.70. The topological polar surface area (TPSA) is 109 Å². The monoisotopic (exact) mass is 429 g/mol. The molecule has 2 aliphatic rings. The largest absolute Gasteiger partial charge is 0.324 e. The van der Waals surface area contributed by atoms with Crippen LogP contribution in [0, 0.1) is 28.5 Å². The highest BCUT2D eigenvalue weighted by molar-refractivity contribution is 6.47. The Labute approximate surface area is 184 Å². The minimum absolute atomic E-state index is 0.0905. The molecule has 1 fully saturated rings. The first kappa shape index (κ1) is 21.2. The molecule has 1 saturated carbocycles. The molecule has 1 aliphatic heterocycles. The number of hydrogen-bond acceptors (Lipinski definition) is 5. The van der Waals surface area contributed by atoms with Crippen molar-refractivity contribution in [2.24, 2.45) is 4.99 Å². The summed E-state index contributed by atoms with van der Waals surface area (Å²) in [6, 6.07) is 14.1. The Morgan fingerprint density at radius 2 is 1.75 bits per heavy atom. The van der Waals surface area contributed by atoms with E-state index in [2.05, 4.69) is 5.32 Å². The molecule has 0 saturated heterocycles. The zero-order valence-electron chi connectivity index (χ0n) is 17.3. The van der Waals surface area contributed by atoms with Gasteiger partial charge in [0, 0.05) is 11.3 Å². The zero-order chi connectivity index (χ0) is 22.7. The van der Waals surface area contributed by atoms with Crippen molar-refractivity contribution in [2.45, 2.75) is 37.8 Å². The molecule has 0 bridgehead atoms.